The quantitative estimate of drug-likeness (QED) is 0.160. The molecule has 0 amide bonds. The van der Waals surface area contributed by atoms with Gasteiger partial charge >= 0.3 is 0 Å². The molecule has 0 fully saturated rings. The van der Waals surface area contributed by atoms with Gasteiger partial charge in [-0.25, -0.2) is 0 Å². The van der Waals surface area contributed by atoms with Gasteiger partial charge in [-0.2, -0.15) is 0 Å². The van der Waals surface area contributed by atoms with Crippen LogP contribution in [0.15, 0.2) is 83.2 Å². The summed E-state index contributed by atoms with van der Waals surface area (Å²) >= 11 is 0. The molecule has 4 nitrogen and oxygen atoms in total. The molecule has 39 heavy (non-hydrogen) atoms. The molecule has 212 valence electrons. The molecule has 4 heteroatoms. The number of ether oxygens (including phenoxy) is 1. The molecule has 0 unspecified atom stereocenters. The van der Waals surface area contributed by atoms with Gasteiger partial charge in [0.05, 0.1) is 19.3 Å². The Labute approximate surface area is 238 Å². The first-order valence-electron chi connectivity index (χ1n) is 14.5. The summed E-state index contributed by atoms with van der Waals surface area (Å²) < 4.78 is 5.77. The number of nitrogens with one attached hydrogen (secondary N) is 1. The summed E-state index contributed by atoms with van der Waals surface area (Å²) in [6.07, 6.45) is 20.3. The fourth-order valence-corrected chi connectivity index (χ4v) is 3.82. The zero-order valence-corrected chi connectivity index (χ0v) is 25.9. The summed E-state index contributed by atoms with van der Waals surface area (Å²) in [5, 5.41) is 3.47. The van der Waals surface area contributed by atoms with E-state index in [1.54, 1.807) is 7.11 Å². The van der Waals surface area contributed by atoms with Gasteiger partial charge in [0.25, 0.3) is 0 Å². The van der Waals surface area contributed by atoms with Crippen molar-refractivity contribution in [1.82, 2.24) is 10.3 Å². The number of aryl methyl sites for hydroxylation is 1. The van der Waals surface area contributed by atoms with Gasteiger partial charge in [0.2, 0.25) is 0 Å². The lowest BCUT2D eigenvalue weighted by atomic mass is 10.00. The largest absolute Gasteiger partial charge is 0.496 e. The minimum absolute atomic E-state index is 0.587. The monoisotopic (exact) mass is 529 g/mol. The van der Waals surface area contributed by atoms with E-state index in [2.05, 4.69) is 99.6 Å². The topological polar surface area (TPSA) is 46.5 Å². The Kier molecular flexibility index (Phi) is 16.9. The van der Waals surface area contributed by atoms with E-state index in [1.807, 2.05) is 33.2 Å². The molecule has 0 aliphatic rings. The van der Waals surface area contributed by atoms with Gasteiger partial charge in [-0.1, -0.05) is 89.5 Å². The first kappa shape index (κ1) is 33.6. The van der Waals surface area contributed by atoms with E-state index in [-0.39, 0.29) is 0 Å². The highest BCUT2D eigenvalue weighted by Gasteiger charge is 2.14. The highest BCUT2D eigenvalue weighted by molar-refractivity contribution is 6.02. The standard InChI is InChI=1S/C33H45N3O.C2H6/c1-8-11-13-20-34-33(36-24-28(14-10-3)18-16-25(4)15-12-9-2)30-21-29(22-32(37-7)27(30)6)31-19-17-26(5)23-35-31;1-2/h13-23H,8-12,24H2,1-7H3,(H,34,36);1-2H3/b18-16-,20-13+,25-15+,28-14-;. The van der Waals surface area contributed by atoms with Crippen molar-refractivity contribution in [3.63, 3.8) is 0 Å². The molecule has 1 aromatic heterocycles. The molecular weight excluding hydrogens is 478 g/mol. The molecule has 0 saturated heterocycles. The molecule has 2 aromatic rings. The van der Waals surface area contributed by atoms with Crippen molar-refractivity contribution in [1.29, 1.82) is 0 Å². The number of unbranched alkanes of at least 4 members (excludes halogenated alkanes) is 2. The fraction of sp³-hybridized carbons (Fsp3) is 0.429. The van der Waals surface area contributed by atoms with E-state index >= 15 is 0 Å². The van der Waals surface area contributed by atoms with Crippen LogP contribution in [0.5, 0.6) is 5.75 Å². The van der Waals surface area contributed by atoms with Crippen molar-refractivity contribution in [3.05, 3.63) is 94.9 Å². The Hall–Kier alpha value is -3.40. The average molecular weight is 530 g/mol. The number of rotatable bonds is 13. The average Bonchev–Trinajstić information content (AvgIpc) is 2.96. The maximum absolute atomic E-state index is 5.77. The molecule has 0 aliphatic heterocycles. The third-order valence-electron chi connectivity index (χ3n) is 6.04. The normalized spacial score (nSPS) is 12.6. The summed E-state index contributed by atoms with van der Waals surface area (Å²) in [5.74, 6) is 1.65. The van der Waals surface area contributed by atoms with Crippen LogP contribution in [0.25, 0.3) is 11.3 Å². The molecule has 0 bridgehead atoms. The second kappa shape index (κ2) is 19.6. The van der Waals surface area contributed by atoms with Crippen molar-refractivity contribution in [2.45, 2.75) is 87.5 Å². The van der Waals surface area contributed by atoms with Crippen LogP contribution in [-0.4, -0.2) is 24.5 Å². The first-order valence-corrected chi connectivity index (χ1v) is 14.5. The van der Waals surface area contributed by atoms with Crippen molar-refractivity contribution in [2.75, 3.05) is 13.7 Å². The van der Waals surface area contributed by atoms with Crippen LogP contribution in [0.4, 0.5) is 0 Å². The molecular formula is C35H51N3O. The van der Waals surface area contributed by atoms with E-state index in [9.17, 15) is 0 Å². The predicted molar refractivity (Wildman–Crippen MR) is 172 cm³/mol. The van der Waals surface area contributed by atoms with Gasteiger partial charge < -0.3 is 10.1 Å². The van der Waals surface area contributed by atoms with Crippen LogP contribution in [0.3, 0.4) is 0 Å². The van der Waals surface area contributed by atoms with Gasteiger partial charge in [-0.3, -0.25) is 9.98 Å². The Balaban J connectivity index is 0.00000371. The molecule has 0 spiro atoms. The molecule has 0 aliphatic carbocycles. The van der Waals surface area contributed by atoms with Crippen LogP contribution >= 0.6 is 0 Å². The number of pyridine rings is 1. The lowest BCUT2D eigenvalue weighted by Crippen LogP contribution is -2.21. The van der Waals surface area contributed by atoms with Gasteiger partial charge in [0, 0.05) is 22.9 Å². The Morgan fingerprint density at radius 3 is 2.36 bits per heavy atom. The summed E-state index contributed by atoms with van der Waals surface area (Å²) in [5.41, 5.74) is 7.59. The number of aliphatic imine (C=N–C) groups is 1. The molecule has 0 radical (unpaired) electrons. The summed E-state index contributed by atoms with van der Waals surface area (Å²) in [6, 6.07) is 8.35. The molecule has 1 N–H and O–H groups in total. The number of aromatic nitrogens is 1. The van der Waals surface area contributed by atoms with Crippen molar-refractivity contribution < 1.29 is 4.74 Å². The zero-order chi connectivity index (χ0) is 29.0. The number of hydrogen-bond acceptors (Lipinski definition) is 3. The first-order chi connectivity index (χ1) is 18.9. The minimum atomic E-state index is 0.587. The van der Waals surface area contributed by atoms with Crippen molar-refractivity contribution >= 4 is 5.84 Å². The highest BCUT2D eigenvalue weighted by Crippen LogP contribution is 2.29. The second-order valence-electron chi connectivity index (χ2n) is 9.33. The van der Waals surface area contributed by atoms with E-state index in [0.29, 0.717) is 6.54 Å². The van der Waals surface area contributed by atoms with E-state index in [4.69, 9.17) is 9.73 Å². The number of nitrogens with zero attached hydrogens (tertiary/aromatic N) is 2. The van der Waals surface area contributed by atoms with Gasteiger partial charge in [-0.15, -0.1) is 0 Å². The number of amidine groups is 1. The van der Waals surface area contributed by atoms with E-state index in [1.165, 1.54) is 11.1 Å². The number of benzene rings is 1. The smallest absolute Gasteiger partial charge is 0.133 e. The van der Waals surface area contributed by atoms with Crippen LogP contribution in [0, 0.1) is 13.8 Å². The van der Waals surface area contributed by atoms with Crippen LogP contribution in [0.2, 0.25) is 0 Å². The number of hydrogen-bond donors (Lipinski definition) is 1. The number of methoxy groups -OCH3 is 1. The fourth-order valence-electron chi connectivity index (χ4n) is 3.82. The molecule has 0 saturated carbocycles. The van der Waals surface area contributed by atoms with Gasteiger partial charge in [0.1, 0.15) is 11.6 Å². The van der Waals surface area contributed by atoms with Crippen LogP contribution in [0.1, 0.15) is 90.3 Å². The maximum Gasteiger partial charge on any atom is 0.133 e. The molecule has 1 heterocycles. The third-order valence-corrected chi connectivity index (χ3v) is 6.04. The Morgan fingerprint density at radius 2 is 1.74 bits per heavy atom. The summed E-state index contributed by atoms with van der Waals surface area (Å²) in [4.78, 5) is 9.72. The molecule has 1 aromatic carbocycles. The zero-order valence-electron chi connectivity index (χ0n) is 25.9. The SMILES string of the molecule is CC.CC/C=C(/C=C\C(C)=C\CCC)CN=C(N/C=C/CCC)c1cc(-c2ccc(C)cn2)cc(OC)c1C. The van der Waals surface area contributed by atoms with Gasteiger partial charge in [0.15, 0.2) is 0 Å². The lowest BCUT2D eigenvalue weighted by Gasteiger charge is -2.16. The lowest BCUT2D eigenvalue weighted by molar-refractivity contribution is 0.412. The van der Waals surface area contributed by atoms with Gasteiger partial charge in [-0.05, 0) is 75.6 Å². The summed E-state index contributed by atoms with van der Waals surface area (Å²) in [7, 11) is 1.71. The van der Waals surface area contributed by atoms with Crippen LogP contribution < -0.4 is 10.1 Å². The molecule has 0 atom stereocenters. The third kappa shape index (κ3) is 11.9. The van der Waals surface area contributed by atoms with E-state index in [0.717, 1.165) is 71.6 Å². The number of allylic oxidation sites excluding steroid dienone is 5. The molecule has 2 rings (SSSR count). The van der Waals surface area contributed by atoms with Crippen molar-refractivity contribution in [2.24, 2.45) is 4.99 Å². The maximum atomic E-state index is 5.77. The Bertz CT molecular complexity index is 1140. The highest BCUT2D eigenvalue weighted by atomic mass is 16.5. The summed E-state index contributed by atoms with van der Waals surface area (Å²) in [6.45, 7) is 17.4. The Morgan fingerprint density at radius 1 is 1.00 bits per heavy atom. The van der Waals surface area contributed by atoms with Crippen LogP contribution in [-0.2, 0) is 0 Å². The van der Waals surface area contributed by atoms with E-state index < -0.39 is 0 Å². The predicted octanol–water partition coefficient (Wildman–Crippen LogP) is 9.69. The minimum Gasteiger partial charge on any atom is -0.496 e. The van der Waals surface area contributed by atoms with Crippen molar-refractivity contribution in [3.8, 4) is 17.0 Å². The second-order valence-corrected chi connectivity index (χ2v) is 9.33.